The van der Waals surface area contributed by atoms with Crippen LogP contribution in [0.15, 0.2) is 36.8 Å². The van der Waals surface area contributed by atoms with Crippen LogP contribution in [0.25, 0.3) is 33.5 Å². The number of carbonyl (C=O) groups is 1. The largest absolute Gasteiger partial charge is 0.462 e. The molecule has 0 unspecified atom stereocenters. The average molecular weight is 380 g/mol. The fraction of sp³-hybridized carbons (Fsp3) is 0.158. The molecule has 28 heavy (non-hydrogen) atoms. The third-order valence-electron chi connectivity index (χ3n) is 4.30. The molecule has 0 aliphatic carbocycles. The van der Waals surface area contributed by atoms with Crippen molar-refractivity contribution >= 4 is 22.8 Å². The molecule has 0 spiro atoms. The molecule has 3 heterocycles. The van der Waals surface area contributed by atoms with Crippen LogP contribution in [0.1, 0.15) is 17.3 Å². The number of aromatic amines is 1. The van der Waals surface area contributed by atoms with E-state index in [2.05, 4.69) is 20.1 Å². The number of carbonyl (C=O) groups excluding carboxylic acids is 1. The van der Waals surface area contributed by atoms with Crippen LogP contribution < -0.4 is 5.73 Å². The lowest BCUT2D eigenvalue weighted by Crippen LogP contribution is -2.08. The summed E-state index contributed by atoms with van der Waals surface area (Å²) in [6, 6.07) is 4.53. The van der Waals surface area contributed by atoms with Crippen molar-refractivity contribution in [3.05, 3.63) is 48.2 Å². The Kier molecular flexibility index (Phi) is 4.26. The molecule has 4 rings (SSSR count). The second kappa shape index (κ2) is 6.76. The van der Waals surface area contributed by atoms with Gasteiger partial charge in [0.15, 0.2) is 0 Å². The van der Waals surface area contributed by atoms with Crippen molar-refractivity contribution < 1.29 is 13.9 Å². The Labute approximate surface area is 159 Å². The smallest absolute Gasteiger partial charge is 0.343 e. The maximum Gasteiger partial charge on any atom is 0.343 e. The van der Waals surface area contributed by atoms with E-state index in [0.29, 0.717) is 16.9 Å². The Balaban J connectivity index is 1.86. The number of nitrogens with one attached hydrogen (secondary N) is 1. The number of aryl methyl sites for hydroxylation is 1. The van der Waals surface area contributed by atoms with Gasteiger partial charge in [0.1, 0.15) is 28.5 Å². The first-order valence-electron chi connectivity index (χ1n) is 8.58. The monoisotopic (exact) mass is 380 g/mol. The minimum atomic E-state index is -0.765. The number of rotatable bonds is 4. The lowest BCUT2D eigenvalue weighted by atomic mass is 10.1. The van der Waals surface area contributed by atoms with Crippen LogP contribution in [0.5, 0.6) is 0 Å². The zero-order valence-corrected chi connectivity index (χ0v) is 15.2. The van der Waals surface area contributed by atoms with Crippen LogP contribution in [-0.2, 0) is 11.8 Å². The molecule has 0 radical (unpaired) electrons. The number of pyridine rings is 1. The summed E-state index contributed by atoms with van der Waals surface area (Å²) in [5, 5.41) is 4.15. The molecule has 0 amide bonds. The molecule has 3 N–H and O–H groups in total. The summed E-state index contributed by atoms with van der Waals surface area (Å²) < 4.78 is 20.9. The normalized spacial score (nSPS) is 11.1. The van der Waals surface area contributed by atoms with Gasteiger partial charge in [-0.1, -0.05) is 0 Å². The highest BCUT2D eigenvalue weighted by Gasteiger charge is 2.21. The molecule has 0 saturated carbocycles. The van der Waals surface area contributed by atoms with E-state index < -0.39 is 11.8 Å². The molecule has 0 aliphatic rings. The molecule has 0 bridgehead atoms. The highest BCUT2D eigenvalue weighted by molar-refractivity contribution is 6.03. The van der Waals surface area contributed by atoms with Gasteiger partial charge in [0.25, 0.3) is 0 Å². The van der Waals surface area contributed by atoms with Crippen molar-refractivity contribution in [1.29, 1.82) is 0 Å². The van der Waals surface area contributed by atoms with E-state index in [1.165, 1.54) is 12.1 Å². The molecule has 3 aromatic heterocycles. The van der Waals surface area contributed by atoms with Crippen molar-refractivity contribution in [1.82, 2.24) is 24.7 Å². The van der Waals surface area contributed by atoms with Gasteiger partial charge in [0.05, 0.1) is 23.9 Å². The maximum atomic E-state index is 14.3. The van der Waals surface area contributed by atoms with Gasteiger partial charge in [0.2, 0.25) is 0 Å². The highest BCUT2D eigenvalue weighted by Crippen LogP contribution is 2.30. The predicted molar refractivity (Wildman–Crippen MR) is 102 cm³/mol. The summed E-state index contributed by atoms with van der Waals surface area (Å²) in [6.45, 7) is 1.79. The number of nitrogen functional groups attached to an aromatic ring is 1. The zero-order valence-electron chi connectivity index (χ0n) is 15.2. The molecule has 0 atom stereocenters. The van der Waals surface area contributed by atoms with E-state index >= 15 is 0 Å². The zero-order chi connectivity index (χ0) is 19.8. The van der Waals surface area contributed by atoms with Crippen molar-refractivity contribution in [2.75, 3.05) is 12.3 Å². The standard InChI is InChI=1S/C19H17FN6O2/c1-3-28-19(27)15-13(20)4-5-14-16(15)25-18(24-14)12-6-10(7-22-17(12)21)11-8-23-26(2)9-11/h4-9H,3H2,1-2H3,(H2,21,22)(H,24,25). The Morgan fingerprint density at radius 3 is 2.86 bits per heavy atom. The Bertz CT molecular complexity index is 1200. The van der Waals surface area contributed by atoms with E-state index in [1.807, 2.05) is 19.3 Å². The minimum Gasteiger partial charge on any atom is -0.462 e. The summed E-state index contributed by atoms with van der Waals surface area (Å²) >= 11 is 0. The summed E-state index contributed by atoms with van der Waals surface area (Å²) in [5.41, 5.74) is 8.71. The summed E-state index contributed by atoms with van der Waals surface area (Å²) in [5.74, 6) is -0.829. The van der Waals surface area contributed by atoms with Crippen LogP contribution >= 0.6 is 0 Å². The molecular weight excluding hydrogens is 363 g/mol. The first-order chi connectivity index (χ1) is 13.5. The maximum absolute atomic E-state index is 14.3. The number of ether oxygens (including phenoxy) is 1. The number of anilines is 1. The van der Waals surface area contributed by atoms with Crippen LogP contribution in [0, 0.1) is 5.82 Å². The van der Waals surface area contributed by atoms with Gasteiger partial charge in [-0.25, -0.2) is 19.2 Å². The Morgan fingerprint density at radius 1 is 1.32 bits per heavy atom. The predicted octanol–water partition coefficient (Wildman–Crippen LogP) is 2.92. The van der Waals surface area contributed by atoms with Crippen LogP contribution in [0.3, 0.4) is 0 Å². The average Bonchev–Trinajstić information content (AvgIpc) is 3.28. The topological polar surface area (TPSA) is 112 Å². The van der Waals surface area contributed by atoms with Crippen LogP contribution in [-0.4, -0.2) is 37.3 Å². The van der Waals surface area contributed by atoms with Gasteiger partial charge in [-0.3, -0.25) is 4.68 Å². The SMILES string of the molecule is CCOC(=O)c1c(F)ccc2[nH]c(-c3cc(-c4cnn(C)c4)cnc3N)nc12. The summed E-state index contributed by atoms with van der Waals surface area (Å²) in [7, 11) is 1.82. The third-order valence-corrected chi connectivity index (χ3v) is 4.30. The van der Waals surface area contributed by atoms with E-state index in [9.17, 15) is 9.18 Å². The number of hydrogen-bond donors (Lipinski definition) is 2. The molecule has 0 fully saturated rings. The number of benzene rings is 1. The number of hydrogen-bond acceptors (Lipinski definition) is 6. The number of H-pyrrole nitrogens is 1. The second-order valence-electron chi connectivity index (χ2n) is 6.18. The fourth-order valence-corrected chi connectivity index (χ4v) is 2.97. The van der Waals surface area contributed by atoms with Gasteiger partial charge in [-0.05, 0) is 25.1 Å². The van der Waals surface area contributed by atoms with Crippen LogP contribution in [0.4, 0.5) is 10.2 Å². The van der Waals surface area contributed by atoms with E-state index in [0.717, 1.165) is 11.1 Å². The Morgan fingerprint density at radius 2 is 2.14 bits per heavy atom. The van der Waals surface area contributed by atoms with Crippen molar-refractivity contribution in [3.8, 4) is 22.5 Å². The quantitative estimate of drug-likeness (QED) is 0.527. The van der Waals surface area contributed by atoms with Gasteiger partial charge in [-0.15, -0.1) is 0 Å². The number of imidazole rings is 1. The summed E-state index contributed by atoms with van der Waals surface area (Å²) in [4.78, 5) is 23.9. The fourth-order valence-electron chi connectivity index (χ4n) is 2.97. The number of halogens is 1. The number of fused-ring (bicyclic) bond motifs is 1. The molecule has 142 valence electrons. The van der Waals surface area contributed by atoms with E-state index in [4.69, 9.17) is 10.5 Å². The lowest BCUT2D eigenvalue weighted by Gasteiger charge is -2.04. The molecule has 9 heteroatoms. The summed E-state index contributed by atoms with van der Waals surface area (Å²) in [6.07, 6.45) is 5.20. The molecule has 1 aromatic carbocycles. The molecule has 0 saturated heterocycles. The van der Waals surface area contributed by atoms with Crippen molar-refractivity contribution in [2.45, 2.75) is 6.92 Å². The number of nitrogens with two attached hydrogens (primary N) is 1. The molecule has 0 aliphatic heterocycles. The van der Waals surface area contributed by atoms with Gasteiger partial charge >= 0.3 is 5.97 Å². The Hall–Kier alpha value is -3.75. The highest BCUT2D eigenvalue weighted by atomic mass is 19.1. The number of esters is 1. The lowest BCUT2D eigenvalue weighted by molar-refractivity contribution is 0.0523. The van der Waals surface area contributed by atoms with Gasteiger partial charge < -0.3 is 15.5 Å². The molecule has 4 aromatic rings. The molecule has 8 nitrogen and oxygen atoms in total. The minimum absolute atomic E-state index is 0.135. The number of nitrogens with zero attached hydrogens (tertiary/aromatic N) is 4. The van der Waals surface area contributed by atoms with Gasteiger partial charge in [0, 0.05) is 30.6 Å². The van der Waals surface area contributed by atoms with Crippen LogP contribution in [0.2, 0.25) is 0 Å². The molecular formula is C19H17FN6O2. The first kappa shape index (κ1) is 17.7. The second-order valence-corrected chi connectivity index (χ2v) is 6.18. The van der Waals surface area contributed by atoms with Crippen molar-refractivity contribution in [2.24, 2.45) is 7.05 Å². The van der Waals surface area contributed by atoms with Crippen molar-refractivity contribution in [3.63, 3.8) is 0 Å². The number of aromatic nitrogens is 5. The van der Waals surface area contributed by atoms with E-state index in [1.54, 1.807) is 24.0 Å². The van der Waals surface area contributed by atoms with Gasteiger partial charge in [-0.2, -0.15) is 5.10 Å². The third kappa shape index (κ3) is 2.96. The first-order valence-corrected chi connectivity index (χ1v) is 8.58. The van der Waals surface area contributed by atoms with E-state index in [-0.39, 0.29) is 23.5 Å².